The van der Waals surface area contributed by atoms with Crippen LogP contribution in [0.3, 0.4) is 0 Å². The van der Waals surface area contributed by atoms with Crippen LogP contribution in [-0.2, 0) is 14.3 Å². The number of ether oxygens (including phenoxy) is 2. The average Bonchev–Trinajstić information content (AvgIpc) is 3.26. The van der Waals surface area contributed by atoms with Crippen LogP contribution in [0.1, 0.15) is 64.0 Å². The number of carbonyl (C=O) groups is 2. The molecule has 33 heavy (non-hydrogen) atoms. The molecule has 3 atom stereocenters. The maximum atomic E-state index is 12.7. The standard InChI is InChI=1S/C20H27NO4.C6H6.C2H6/c1-13-4-6-16(7-5-13)18(17-10-14(2)25-15(3)11-17)12-19(22)21-8-9-24-20(21)23;1-2-4-6-5-3-1;1-2/h4-7,14-15,17-18H,8-12H2,1-3H3;1-6H;1-2H3. The van der Waals surface area contributed by atoms with Crippen molar-refractivity contribution in [3.05, 3.63) is 71.8 Å². The van der Waals surface area contributed by atoms with Gasteiger partial charge in [0.05, 0.1) is 18.8 Å². The summed E-state index contributed by atoms with van der Waals surface area (Å²) < 4.78 is 10.8. The topological polar surface area (TPSA) is 55.8 Å². The molecule has 2 aromatic rings. The molecule has 2 aliphatic heterocycles. The Morgan fingerprint density at radius 1 is 0.970 bits per heavy atom. The monoisotopic (exact) mass is 453 g/mol. The molecule has 0 spiro atoms. The summed E-state index contributed by atoms with van der Waals surface area (Å²) in [6.07, 6.45) is 2.06. The van der Waals surface area contributed by atoms with Crippen LogP contribution in [0.25, 0.3) is 0 Å². The normalized spacial score (nSPS) is 22.8. The van der Waals surface area contributed by atoms with Crippen molar-refractivity contribution in [2.45, 2.75) is 72.0 Å². The van der Waals surface area contributed by atoms with Crippen molar-refractivity contribution < 1.29 is 19.1 Å². The molecule has 0 radical (unpaired) electrons. The number of nitrogens with zero attached hydrogens (tertiary/aromatic N) is 1. The molecular formula is C28H39NO4. The van der Waals surface area contributed by atoms with Gasteiger partial charge in [-0.3, -0.25) is 4.79 Å². The van der Waals surface area contributed by atoms with Crippen LogP contribution in [-0.4, -0.2) is 42.3 Å². The first kappa shape index (κ1) is 26.6. The molecule has 2 amide bonds. The molecule has 2 aromatic carbocycles. The summed E-state index contributed by atoms with van der Waals surface area (Å²) >= 11 is 0. The Kier molecular flexibility index (Phi) is 11.1. The van der Waals surface area contributed by atoms with Crippen LogP contribution in [0.4, 0.5) is 4.79 Å². The molecule has 0 saturated carbocycles. The third-order valence-electron chi connectivity index (χ3n) is 5.93. The molecule has 2 saturated heterocycles. The lowest BCUT2D eigenvalue weighted by Crippen LogP contribution is -2.36. The summed E-state index contributed by atoms with van der Waals surface area (Å²) in [6.45, 7) is 10.9. The number of aryl methyl sites for hydroxylation is 1. The van der Waals surface area contributed by atoms with Crippen molar-refractivity contribution in [2.24, 2.45) is 5.92 Å². The molecule has 2 aliphatic rings. The Hall–Kier alpha value is -2.66. The lowest BCUT2D eigenvalue weighted by molar-refractivity contribution is -0.129. The van der Waals surface area contributed by atoms with E-state index in [9.17, 15) is 9.59 Å². The van der Waals surface area contributed by atoms with E-state index in [0.717, 1.165) is 18.4 Å². The zero-order valence-corrected chi connectivity index (χ0v) is 20.7. The van der Waals surface area contributed by atoms with Gasteiger partial charge in [-0.2, -0.15) is 0 Å². The van der Waals surface area contributed by atoms with Gasteiger partial charge in [-0.1, -0.05) is 80.1 Å². The minimum absolute atomic E-state index is 0.0929. The van der Waals surface area contributed by atoms with Crippen LogP contribution in [0.2, 0.25) is 0 Å². The fourth-order valence-corrected chi connectivity index (χ4v) is 4.46. The highest BCUT2D eigenvalue weighted by Crippen LogP contribution is 2.39. The van der Waals surface area contributed by atoms with Crippen molar-refractivity contribution in [1.82, 2.24) is 4.90 Å². The minimum atomic E-state index is -0.513. The quantitative estimate of drug-likeness (QED) is 0.540. The van der Waals surface area contributed by atoms with Crippen molar-refractivity contribution in [1.29, 1.82) is 0 Å². The van der Waals surface area contributed by atoms with E-state index in [1.54, 1.807) is 0 Å². The lowest BCUT2D eigenvalue weighted by atomic mass is 9.76. The van der Waals surface area contributed by atoms with E-state index in [1.807, 2.05) is 50.2 Å². The first-order valence-electron chi connectivity index (χ1n) is 12.1. The molecule has 5 nitrogen and oxygen atoms in total. The Balaban J connectivity index is 0.000000411. The molecule has 4 rings (SSSR count). The molecule has 0 aliphatic carbocycles. The highest BCUT2D eigenvalue weighted by molar-refractivity contribution is 5.93. The predicted molar refractivity (Wildman–Crippen MR) is 132 cm³/mol. The molecule has 2 heterocycles. The lowest BCUT2D eigenvalue weighted by Gasteiger charge is -2.37. The third-order valence-corrected chi connectivity index (χ3v) is 5.93. The molecule has 180 valence electrons. The molecule has 0 bridgehead atoms. The van der Waals surface area contributed by atoms with Crippen molar-refractivity contribution in [3.63, 3.8) is 0 Å². The van der Waals surface area contributed by atoms with Gasteiger partial charge in [-0.25, -0.2) is 9.69 Å². The summed E-state index contributed by atoms with van der Waals surface area (Å²) in [5.41, 5.74) is 2.36. The van der Waals surface area contributed by atoms with E-state index in [1.165, 1.54) is 10.5 Å². The van der Waals surface area contributed by atoms with Gasteiger partial charge in [0.25, 0.3) is 0 Å². The maximum Gasteiger partial charge on any atom is 0.416 e. The Bertz CT molecular complexity index is 800. The van der Waals surface area contributed by atoms with E-state index in [4.69, 9.17) is 9.47 Å². The molecular weight excluding hydrogens is 414 g/mol. The van der Waals surface area contributed by atoms with Crippen molar-refractivity contribution >= 4 is 12.0 Å². The van der Waals surface area contributed by atoms with Gasteiger partial charge < -0.3 is 9.47 Å². The van der Waals surface area contributed by atoms with Crippen molar-refractivity contribution in [2.75, 3.05) is 13.2 Å². The third kappa shape index (κ3) is 8.32. The summed E-state index contributed by atoms with van der Waals surface area (Å²) in [6, 6.07) is 20.4. The molecule has 0 N–H and O–H groups in total. The first-order valence-corrected chi connectivity index (χ1v) is 12.1. The van der Waals surface area contributed by atoms with Crippen LogP contribution in [0.5, 0.6) is 0 Å². The number of hydrogen-bond acceptors (Lipinski definition) is 4. The highest BCUT2D eigenvalue weighted by Gasteiger charge is 2.36. The largest absolute Gasteiger partial charge is 0.447 e. The van der Waals surface area contributed by atoms with Gasteiger partial charge in [-0.05, 0) is 51.0 Å². The number of cyclic esters (lactones) is 1. The Morgan fingerprint density at radius 2 is 1.48 bits per heavy atom. The van der Waals surface area contributed by atoms with Gasteiger partial charge in [0.1, 0.15) is 6.61 Å². The van der Waals surface area contributed by atoms with Crippen LogP contribution in [0, 0.1) is 12.8 Å². The van der Waals surface area contributed by atoms with E-state index in [2.05, 4.69) is 45.0 Å². The molecule has 0 aromatic heterocycles. The Labute approximate surface area is 199 Å². The number of imide groups is 1. The highest BCUT2D eigenvalue weighted by atomic mass is 16.6. The van der Waals surface area contributed by atoms with E-state index >= 15 is 0 Å². The second kappa shape index (κ2) is 13.8. The van der Waals surface area contributed by atoms with E-state index in [0.29, 0.717) is 25.5 Å². The van der Waals surface area contributed by atoms with Gasteiger partial charge in [0, 0.05) is 6.42 Å². The predicted octanol–water partition coefficient (Wildman–Crippen LogP) is 6.36. The minimum Gasteiger partial charge on any atom is -0.447 e. The van der Waals surface area contributed by atoms with E-state index < -0.39 is 6.09 Å². The van der Waals surface area contributed by atoms with Crippen LogP contribution >= 0.6 is 0 Å². The summed E-state index contributed by atoms with van der Waals surface area (Å²) in [4.78, 5) is 25.7. The number of rotatable bonds is 4. The fraction of sp³-hybridized carbons (Fsp3) is 0.500. The number of benzene rings is 2. The number of carbonyl (C=O) groups excluding carboxylic acids is 2. The first-order chi connectivity index (χ1) is 15.9. The van der Waals surface area contributed by atoms with Gasteiger partial charge in [-0.15, -0.1) is 0 Å². The Morgan fingerprint density at radius 3 is 1.94 bits per heavy atom. The second-order valence-corrected chi connectivity index (χ2v) is 8.52. The zero-order chi connectivity index (χ0) is 24.2. The summed E-state index contributed by atoms with van der Waals surface area (Å²) in [5, 5.41) is 0. The van der Waals surface area contributed by atoms with Gasteiger partial charge in [0.2, 0.25) is 5.91 Å². The average molecular weight is 454 g/mol. The van der Waals surface area contributed by atoms with Crippen LogP contribution in [0.15, 0.2) is 60.7 Å². The van der Waals surface area contributed by atoms with Gasteiger partial charge >= 0.3 is 6.09 Å². The maximum absolute atomic E-state index is 12.7. The van der Waals surface area contributed by atoms with Crippen LogP contribution < -0.4 is 0 Å². The molecule has 5 heteroatoms. The smallest absolute Gasteiger partial charge is 0.416 e. The molecule has 2 fully saturated rings. The fourth-order valence-electron chi connectivity index (χ4n) is 4.46. The zero-order valence-electron chi connectivity index (χ0n) is 20.7. The van der Waals surface area contributed by atoms with Crippen molar-refractivity contribution in [3.8, 4) is 0 Å². The number of hydrogen-bond donors (Lipinski definition) is 0. The van der Waals surface area contributed by atoms with Gasteiger partial charge in [0.15, 0.2) is 0 Å². The summed E-state index contributed by atoms with van der Waals surface area (Å²) in [7, 11) is 0. The SMILES string of the molecule is CC.Cc1ccc(C(CC(=O)N2CCOC2=O)C2CC(C)OC(C)C2)cc1.c1ccccc1. The molecule has 3 unspecified atom stereocenters. The van der Waals surface area contributed by atoms with E-state index in [-0.39, 0.29) is 24.0 Å². The number of amides is 2. The summed E-state index contributed by atoms with van der Waals surface area (Å²) in [5.74, 6) is 0.319. The second-order valence-electron chi connectivity index (χ2n) is 8.52.